The topological polar surface area (TPSA) is 64.3 Å². The van der Waals surface area contributed by atoms with Gasteiger partial charge in [0.25, 0.3) is 0 Å². The lowest BCUT2D eigenvalue weighted by atomic mass is 10.3. The molecule has 0 fully saturated rings. The van der Waals surface area contributed by atoms with Crippen LogP contribution in [0.2, 0.25) is 0 Å². The second kappa shape index (κ2) is 5.36. The number of anilines is 1. The van der Waals surface area contributed by atoms with Crippen LogP contribution in [0.1, 0.15) is 13.8 Å². The van der Waals surface area contributed by atoms with E-state index >= 15 is 0 Å². The van der Waals surface area contributed by atoms with Gasteiger partial charge in [-0.15, -0.1) is 0 Å². The highest BCUT2D eigenvalue weighted by atomic mass is 16.5. The third kappa shape index (κ3) is 3.99. The maximum atomic E-state index is 11.0. The average molecular weight is 208 g/mol. The van der Waals surface area contributed by atoms with E-state index in [0.717, 1.165) is 11.4 Å². The van der Waals surface area contributed by atoms with Gasteiger partial charge in [-0.25, -0.2) is 0 Å². The second-order valence-electron chi connectivity index (χ2n) is 3.44. The van der Waals surface area contributed by atoms with Crippen molar-refractivity contribution in [2.45, 2.75) is 20.0 Å². The molecule has 0 aliphatic heterocycles. The highest BCUT2D eigenvalue weighted by Gasteiger charge is 2.00. The average Bonchev–Trinajstić information content (AvgIpc) is 2.20. The molecule has 1 aromatic carbocycles. The monoisotopic (exact) mass is 208 g/mol. The summed E-state index contributed by atoms with van der Waals surface area (Å²) in [6, 6.07) is 7.19. The van der Waals surface area contributed by atoms with Gasteiger partial charge in [0.1, 0.15) is 5.75 Å². The van der Waals surface area contributed by atoms with Crippen molar-refractivity contribution in [3.63, 3.8) is 0 Å². The van der Waals surface area contributed by atoms with Crippen LogP contribution in [-0.4, -0.2) is 18.6 Å². The second-order valence-corrected chi connectivity index (χ2v) is 3.44. The van der Waals surface area contributed by atoms with E-state index < -0.39 is 0 Å². The lowest BCUT2D eigenvalue weighted by Gasteiger charge is -2.10. The highest BCUT2D eigenvalue weighted by Crippen LogP contribution is 2.16. The number of benzene rings is 1. The summed E-state index contributed by atoms with van der Waals surface area (Å²) in [5.41, 5.74) is 5.90. The molecule has 0 heterocycles. The molecule has 0 saturated carbocycles. The number of nitrogens with one attached hydrogen (secondary N) is 1. The van der Waals surface area contributed by atoms with E-state index in [4.69, 9.17) is 10.5 Å². The van der Waals surface area contributed by atoms with Crippen molar-refractivity contribution in [2.24, 2.45) is 5.73 Å². The third-order valence-corrected chi connectivity index (χ3v) is 1.70. The van der Waals surface area contributed by atoms with Gasteiger partial charge in [0.2, 0.25) is 5.91 Å². The Morgan fingerprint density at radius 1 is 1.40 bits per heavy atom. The maximum Gasteiger partial charge on any atom is 0.238 e. The van der Waals surface area contributed by atoms with Crippen molar-refractivity contribution >= 4 is 11.6 Å². The van der Waals surface area contributed by atoms with Gasteiger partial charge in [-0.05, 0) is 38.1 Å². The molecule has 1 amide bonds. The standard InChI is InChI=1S/C11H16N2O2/c1-8(2)15-10-5-3-9(4-6-10)13-11(14)7-12/h3-6,8H,7,12H2,1-2H3,(H,13,14). The smallest absolute Gasteiger partial charge is 0.238 e. The molecule has 0 aromatic heterocycles. The normalized spacial score (nSPS) is 10.1. The van der Waals surface area contributed by atoms with E-state index in [1.165, 1.54) is 0 Å². The third-order valence-electron chi connectivity index (χ3n) is 1.70. The van der Waals surface area contributed by atoms with Crippen LogP contribution in [-0.2, 0) is 4.79 Å². The number of hydrogen-bond acceptors (Lipinski definition) is 3. The van der Waals surface area contributed by atoms with Gasteiger partial charge in [0, 0.05) is 5.69 Å². The molecular weight excluding hydrogens is 192 g/mol. The zero-order valence-corrected chi connectivity index (χ0v) is 8.99. The minimum Gasteiger partial charge on any atom is -0.491 e. The summed E-state index contributed by atoms with van der Waals surface area (Å²) in [5, 5.41) is 2.65. The Morgan fingerprint density at radius 2 is 2.00 bits per heavy atom. The van der Waals surface area contributed by atoms with Crippen molar-refractivity contribution in [1.29, 1.82) is 0 Å². The fourth-order valence-corrected chi connectivity index (χ4v) is 1.10. The van der Waals surface area contributed by atoms with Gasteiger partial charge in [0.15, 0.2) is 0 Å². The lowest BCUT2D eigenvalue weighted by molar-refractivity contribution is -0.114. The van der Waals surface area contributed by atoms with Crippen LogP contribution in [0.15, 0.2) is 24.3 Å². The van der Waals surface area contributed by atoms with Gasteiger partial charge in [-0.3, -0.25) is 4.79 Å². The fraction of sp³-hybridized carbons (Fsp3) is 0.364. The molecule has 0 spiro atoms. The van der Waals surface area contributed by atoms with E-state index in [1.54, 1.807) is 12.1 Å². The molecule has 0 saturated heterocycles. The zero-order valence-electron chi connectivity index (χ0n) is 8.99. The quantitative estimate of drug-likeness (QED) is 0.785. The SMILES string of the molecule is CC(C)Oc1ccc(NC(=O)CN)cc1. The van der Waals surface area contributed by atoms with Gasteiger partial charge < -0.3 is 15.8 Å². The van der Waals surface area contributed by atoms with Gasteiger partial charge in [0.05, 0.1) is 12.6 Å². The Labute approximate surface area is 89.4 Å². The largest absolute Gasteiger partial charge is 0.491 e. The number of nitrogens with two attached hydrogens (primary N) is 1. The van der Waals surface area contributed by atoms with Gasteiger partial charge >= 0.3 is 0 Å². The molecular formula is C11H16N2O2. The minimum atomic E-state index is -0.201. The molecule has 4 nitrogen and oxygen atoms in total. The number of rotatable bonds is 4. The van der Waals surface area contributed by atoms with Crippen LogP contribution in [0.4, 0.5) is 5.69 Å². The molecule has 82 valence electrons. The Bertz CT molecular complexity index is 320. The summed E-state index contributed by atoms with van der Waals surface area (Å²) in [5.74, 6) is 0.586. The summed E-state index contributed by atoms with van der Waals surface area (Å²) in [6.07, 6.45) is 0.148. The maximum absolute atomic E-state index is 11.0. The number of hydrogen-bond donors (Lipinski definition) is 2. The Kier molecular flexibility index (Phi) is 4.12. The summed E-state index contributed by atoms with van der Waals surface area (Å²) in [7, 11) is 0. The molecule has 1 rings (SSSR count). The summed E-state index contributed by atoms with van der Waals surface area (Å²) >= 11 is 0. The number of ether oxygens (including phenoxy) is 1. The van der Waals surface area contributed by atoms with Crippen LogP contribution in [0, 0.1) is 0 Å². The van der Waals surface area contributed by atoms with Crippen molar-refractivity contribution in [3.8, 4) is 5.75 Å². The van der Waals surface area contributed by atoms with Crippen LogP contribution in [0.5, 0.6) is 5.75 Å². The van der Waals surface area contributed by atoms with Gasteiger partial charge in [-0.2, -0.15) is 0 Å². The first-order chi connectivity index (χ1) is 7.11. The highest BCUT2D eigenvalue weighted by molar-refractivity contribution is 5.92. The van der Waals surface area contributed by atoms with Crippen LogP contribution in [0.3, 0.4) is 0 Å². The molecule has 4 heteroatoms. The van der Waals surface area contributed by atoms with Crippen molar-refractivity contribution in [3.05, 3.63) is 24.3 Å². The molecule has 3 N–H and O–H groups in total. The molecule has 0 unspecified atom stereocenters. The molecule has 0 atom stereocenters. The first kappa shape index (κ1) is 11.5. The zero-order chi connectivity index (χ0) is 11.3. The molecule has 0 radical (unpaired) electrons. The Hall–Kier alpha value is -1.55. The number of carbonyl (C=O) groups is 1. The summed E-state index contributed by atoms with van der Waals surface area (Å²) in [6.45, 7) is 3.92. The van der Waals surface area contributed by atoms with Crippen molar-refractivity contribution in [2.75, 3.05) is 11.9 Å². The first-order valence-corrected chi connectivity index (χ1v) is 4.88. The van der Waals surface area contributed by atoms with Crippen LogP contribution in [0.25, 0.3) is 0 Å². The van der Waals surface area contributed by atoms with Crippen LogP contribution >= 0.6 is 0 Å². The molecule has 0 aliphatic carbocycles. The number of amides is 1. The van der Waals surface area contributed by atoms with Gasteiger partial charge in [-0.1, -0.05) is 0 Å². The molecule has 1 aromatic rings. The van der Waals surface area contributed by atoms with E-state index in [0.29, 0.717) is 0 Å². The number of carbonyl (C=O) groups excluding carboxylic acids is 1. The van der Waals surface area contributed by atoms with Crippen molar-refractivity contribution in [1.82, 2.24) is 0 Å². The lowest BCUT2D eigenvalue weighted by Crippen LogP contribution is -2.21. The van der Waals surface area contributed by atoms with E-state index in [1.807, 2.05) is 26.0 Å². The Balaban J connectivity index is 2.60. The first-order valence-electron chi connectivity index (χ1n) is 4.88. The van der Waals surface area contributed by atoms with E-state index in [-0.39, 0.29) is 18.6 Å². The molecule has 0 bridgehead atoms. The summed E-state index contributed by atoms with van der Waals surface area (Å²) < 4.78 is 5.46. The predicted molar refractivity (Wildman–Crippen MR) is 59.9 cm³/mol. The molecule has 15 heavy (non-hydrogen) atoms. The summed E-state index contributed by atoms with van der Waals surface area (Å²) in [4.78, 5) is 11.0. The fourth-order valence-electron chi connectivity index (χ4n) is 1.10. The minimum absolute atomic E-state index is 0.00968. The van der Waals surface area contributed by atoms with Crippen LogP contribution < -0.4 is 15.8 Å². The van der Waals surface area contributed by atoms with E-state index in [9.17, 15) is 4.79 Å². The Morgan fingerprint density at radius 3 is 2.47 bits per heavy atom. The molecule has 0 aliphatic rings. The predicted octanol–water partition coefficient (Wildman–Crippen LogP) is 1.37. The van der Waals surface area contributed by atoms with Crippen molar-refractivity contribution < 1.29 is 9.53 Å². The van der Waals surface area contributed by atoms with E-state index in [2.05, 4.69) is 5.32 Å².